The molecule has 39 heavy (non-hydrogen) atoms. The minimum absolute atomic E-state index is 0.143. The number of ether oxygens (including phenoxy) is 2. The van der Waals surface area contributed by atoms with Gasteiger partial charge in [0.1, 0.15) is 17.9 Å². The van der Waals surface area contributed by atoms with E-state index in [0.717, 1.165) is 11.3 Å². The molecule has 0 fully saturated rings. The molecule has 0 radical (unpaired) electrons. The fraction of sp³-hybridized carbons (Fsp3) is 0.133. The molecule has 0 aliphatic carbocycles. The van der Waals surface area contributed by atoms with Gasteiger partial charge in [0, 0.05) is 11.8 Å². The number of urea groups is 1. The number of amides is 2. The van der Waals surface area contributed by atoms with Gasteiger partial charge in [-0.3, -0.25) is 0 Å². The number of nitrogens with one attached hydrogen (secondary N) is 2. The second kappa shape index (κ2) is 11.5. The van der Waals surface area contributed by atoms with Crippen molar-refractivity contribution in [1.29, 1.82) is 0 Å². The highest BCUT2D eigenvalue weighted by atomic mass is 16.5. The number of hydrogen-bond donors (Lipinski definition) is 2. The lowest BCUT2D eigenvalue weighted by molar-refractivity contribution is -0.139. The standard InChI is InChI=1S/C30H26N4O5/c1-2-38-29(36)25-24(31-30(37)32-27(25)21-14-8-4-9-15-21)19-39-28(35)23-18-34(22-16-10-5-11-17-22)33-26(23)20-12-6-3-7-13-20/h3-18,27H,2,19H2,1H3,(H2,31,32,37)/t27-/m0/s1. The van der Waals surface area contributed by atoms with Crippen LogP contribution in [0.25, 0.3) is 16.9 Å². The van der Waals surface area contributed by atoms with E-state index in [1.165, 1.54) is 0 Å². The van der Waals surface area contributed by atoms with Crippen molar-refractivity contribution in [3.05, 3.63) is 120 Å². The number of para-hydroxylation sites is 1. The molecule has 3 aromatic carbocycles. The number of rotatable bonds is 8. The molecule has 2 heterocycles. The van der Waals surface area contributed by atoms with Gasteiger partial charge in [-0.2, -0.15) is 5.10 Å². The van der Waals surface area contributed by atoms with Gasteiger partial charge in [-0.15, -0.1) is 0 Å². The molecule has 5 rings (SSSR count). The van der Waals surface area contributed by atoms with Crippen LogP contribution in [0.2, 0.25) is 0 Å². The first-order valence-corrected chi connectivity index (χ1v) is 12.5. The number of nitrogens with zero attached hydrogens (tertiary/aromatic N) is 2. The van der Waals surface area contributed by atoms with Crippen molar-refractivity contribution < 1.29 is 23.9 Å². The molecular formula is C30H26N4O5. The minimum atomic E-state index is -0.770. The molecule has 4 aromatic rings. The Morgan fingerprint density at radius 3 is 2.18 bits per heavy atom. The largest absolute Gasteiger partial charge is 0.463 e. The summed E-state index contributed by atoms with van der Waals surface area (Å²) in [6, 6.07) is 26.5. The summed E-state index contributed by atoms with van der Waals surface area (Å²) in [5.74, 6) is -1.28. The zero-order chi connectivity index (χ0) is 27.2. The summed E-state index contributed by atoms with van der Waals surface area (Å²) in [7, 11) is 0. The normalized spacial score (nSPS) is 14.8. The molecule has 1 aromatic heterocycles. The molecule has 2 N–H and O–H groups in total. The highest BCUT2D eigenvalue weighted by Crippen LogP contribution is 2.29. The van der Waals surface area contributed by atoms with Crippen LogP contribution in [0.3, 0.4) is 0 Å². The molecule has 1 atom stereocenters. The van der Waals surface area contributed by atoms with Crippen LogP contribution in [0.1, 0.15) is 28.9 Å². The van der Waals surface area contributed by atoms with E-state index in [1.807, 2.05) is 78.9 Å². The maximum absolute atomic E-state index is 13.4. The van der Waals surface area contributed by atoms with Crippen molar-refractivity contribution in [3.8, 4) is 16.9 Å². The quantitative estimate of drug-likeness (QED) is 0.328. The van der Waals surface area contributed by atoms with Gasteiger partial charge in [0.05, 0.1) is 29.6 Å². The van der Waals surface area contributed by atoms with Gasteiger partial charge >= 0.3 is 18.0 Å². The van der Waals surface area contributed by atoms with Gasteiger partial charge in [-0.25, -0.2) is 19.1 Å². The number of esters is 2. The van der Waals surface area contributed by atoms with Crippen LogP contribution in [-0.4, -0.2) is 41.0 Å². The number of carbonyl (C=O) groups excluding carboxylic acids is 3. The summed E-state index contributed by atoms with van der Waals surface area (Å²) >= 11 is 0. The summed E-state index contributed by atoms with van der Waals surface area (Å²) in [5.41, 5.74) is 3.20. The zero-order valence-corrected chi connectivity index (χ0v) is 21.2. The molecule has 1 aliphatic rings. The Morgan fingerprint density at radius 2 is 1.51 bits per heavy atom. The maximum atomic E-state index is 13.4. The van der Waals surface area contributed by atoms with Gasteiger partial charge in [0.25, 0.3) is 0 Å². The summed E-state index contributed by atoms with van der Waals surface area (Å²) in [5, 5.41) is 10.0. The third-order valence-electron chi connectivity index (χ3n) is 6.13. The lowest BCUT2D eigenvalue weighted by atomic mass is 9.95. The number of hydrogen-bond acceptors (Lipinski definition) is 6. The minimum Gasteiger partial charge on any atom is -0.463 e. The predicted octanol–water partition coefficient (Wildman–Crippen LogP) is 4.57. The third kappa shape index (κ3) is 5.57. The first kappa shape index (κ1) is 25.5. The molecule has 0 bridgehead atoms. The maximum Gasteiger partial charge on any atom is 0.342 e. The van der Waals surface area contributed by atoms with Gasteiger partial charge in [-0.1, -0.05) is 78.9 Å². The Bertz CT molecular complexity index is 1510. The molecule has 9 nitrogen and oxygen atoms in total. The Labute approximate surface area is 225 Å². The van der Waals surface area contributed by atoms with E-state index in [9.17, 15) is 14.4 Å². The van der Waals surface area contributed by atoms with E-state index < -0.39 is 24.0 Å². The highest BCUT2D eigenvalue weighted by molar-refractivity contribution is 5.97. The Morgan fingerprint density at radius 1 is 0.872 bits per heavy atom. The molecule has 9 heteroatoms. The van der Waals surface area contributed by atoms with Crippen LogP contribution in [0.5, 0.6) is 0 Å². The van der Waals surface area contributed by atoms with E-state index in [2.05, 4.69) is 15.7 Å². The third-order valence-corrected chi connectivity index (χ3v) is 6.13. The SMILES string of the molecule is CCOC(=O)C1=C(COC(=O)c2cn(-c3ccccc3)nc2-c2ccccc2)NC(=O)N[C@H]1c1ccccc1. The molecule has 2 amide bonds. The molecule has 0 spiro atoms. The van der Waals surface area contributed by atoms with Crippen molar-refractivity contribution in [2.24, 2.45) is 0 Å². The van der Waals surface area contributed by atoms with Gasteiger partial charge in [0.2, 0.25) is 0 Å². The smallest absolute Gasteiger partial charge is 0.342 e. The van der Waals surface area contributed by atoms with Crippen LogP contribution in [-0.2, 0) is 14.3 Å². The summed E-state index contributed by atoms with van der Waals surface area (Å²) < 4.78 is 12.6. The fourth-order valence-electron chi connectivity index (χ4n) is 4.34. The van der Waals surface area contributed by atoms with Gasteiger partial charge in [-0.05, 0) is 24.6 Å². The summed E-state index contributed by atoms with van der Waals surface area (Å²) in [6.07, 6.45) is 1.61. The second-order valence-electron chi connectivity index (χ2n) is 8.67. The Balaban J connectivity index is 1.48. The van der Waals surface area contributed by atoms with E-state index in [0.29, 0.717) is 11.3 Å². The summed E-state index contributed by atoms with van der Waals surface area (Å²) in [6.45, 7) is 1.48. The Hall–Kier alpha value is -5.18. The lowest BCUT2D eigenvalue weighted by Gasteiger charge is -2.29. The van der Waals surface area contributed by atoms with Crippen LogP contribution in [0.4, 0.5) is 4.79 Å². The van der Waals surface area contributed by atoms with E-state index >= 15 is 0 Å². The van der Waals surface area contributed by atoms with Crippen molar-refractivity contribution in [1.82, 2.24) is 20.4 Å². The lowest BCUT2D eigenvalue weighted by Crippen LogP contribution is -2.47. The van der Waals surface area contributed by atoms with E-state index in [-0.39, 0.29) is 30.0 Å². The molecular weight excluding hydrogens is 496 g/mol. The van der Waals surface area contributed by atoms with Crippen LogP contribution >= 0.6 is 0 Å². The topological polar surface area (TPSA) is 112 Å². The van der Waals surface area contributed by atoms with Crippen molar-refractivity contribution in [2.75, 3.05) is 13.2 Å². The first-order valence-electron chi connectivity index (χ1n) is 12.5. The van der Waals surface area contributed by atoms with Crippen LogP contribution < -0.4 is 10.6 Å². The molecule has 0 saturated carbocycles. The summed E-state index contributed by atoms with van der Waals surface area (Å²) in [4.78, 5) is 38.9. The molecule has 1 aliphatic heterocycles. The fourth-order valence-corrected chi connectivity index (χ4v) is 4.34. The van der Waals surface area contributed by atoms with Gasteiger partial charge in [0.15, 0.2) is 0 Å². The number of carbonyl (C=O) groups is 3. The monoisotopic (exact) mass is 522 g/mol. The number of benzene rings is 3. The second-order valence-corrected chi connectivity index (χ2v) is 8.67. The molecule has 196 valence electrons. The Kier molecular flexibility index (Phi) is 7.49. The van der Waals surface area contributed by atoms with Gasteiger partial charge < -0.3 is 20.1 Å². The van der Waals surface area contributed by atoms with E-state index in [1.54, 1.807) is 29.9 Å². The highest BCUT2D eigenvalue weighted by Gasteiger charge is 2.34. The van der Waals surface area contributed by atoms with Crippen molar-refractivity contribution in [2.45, 2.75) is 13.0 Å². The molecule has 0 saturated heterocycles. The molecule has 0 unspecified atom stereocenters. The van der Waals surface area contributed by atoms with E-state index in [4.69, 9.17) is 9.47 Å². The zero-order valence-electron chi connectivity index (χ0n) is 21.2. The average molecular weight is 523 g/mol. The number of aromatic nitrogens is 2. The van der Waals surface area contributed by atoms with Crippen LogP contribution in [0.15, 0.2) is 108 Å². The van der Waals surface area contributed by atoms with Crippen LogP contribution in [0, 0.1) is 0 Å². The predicted molar refractivity (Wildman–Crippen MR) is 144 cm³/mol. The van der Waals surface area contributed by atoms with Crippen molar-refractivity contribution >= 4 is 18.0 Å². The van der Waals surface area contributed by atoms with Crippen molar-refractivity contribution in [3.63, 3.8) is 0 Å². The average Bonchev–Trinajstić information content (AvgIpc) is 3.43. The first-order chi connectivity index (χ1) is 19.0.